The molecule has 1 aromatic heterocycles. The second-order valence-electron chi connectivity index (χ2n) is 5.05. The van der Waals surface area contributed by atoms with E-state index in [4.69, 9.17) is 9.52 Å². The molecule has 1 saturated heterocycles. The predicted octanol–water partition coefficient (Wildman–Crippen LogP) is 1.34. The third-order valence-electron chi connectivity index (χ3n) is 3.67. The van der Waals surface area contributed by atoms with Crippen LogP contribution in [0.2, 0.25) is 0 Å². The molecule has 108 valence electrons. The highest BCUT2D eigenvalue weighted by Crippen LogP contribution is 2.20. The van der Waals surface area contributed by atoms with Crippen molar-refractivity contribution < 1.29 is 19.1 Å². The van der Waals surface area contributed by atoms with Crippen LogP contribution in [0.4, 0.5) is 0 Å². The van der Waals surface area contributed by atoms with Crippen molar-refractivity contribution in [1.29, 1.82) is 0 Å². The lowest BCUT2D eigenvalue weighted by molar-refractivity contribution is -0.141. The van der Waals surface area contributed by atoms with E-state index in [0.717, 1.165) is 0 Å². The van der Waals surface area contributed by atoms with Crippen LogP contribution in [0.5, 0.6) is 0 Å². The molecule has 0 aliphatic carbocycles. The molecule has 1 atom stereocenters. The number of carbonyl (C=O) groups excluding carboxylic acids is 1. The molecule has 21 heavy (non-hydrogen) atoms. The van der Waals surface area contributed by atoms with Crippen LogP contribution in [0.25, 0.3) is 11.0 Å². The number of aliphatic carboxylic acids is 1. The first-order valence-electron chi connectivity index (χ1n) is 6.61. The van der Waals surface area contributed by atoms with E-state index >= 15 is 0 Å². The van der Waals surface area contributed by atoms with Gasteiger partial charge in [0.2, 0.25) is 0 Å². The number of benzene rings is 1. The van der Waals surface area contributed by atoms with Crippen molar-refractivity contribution in [2.24, 2.45) is 5.92 Å². The lowest BCUT2D eigenvalue weighted by Crippen LogP contribution is -2.30. The number of nitrogens with zero attached hydrogens (tertiary/aromatic N) is 1. The van der Waals surface area contributed by atoms with Crippen LogP contribution in [0.15, 0.2) is 39.5 Å². The number of rotatable bonds is 2. The third-order valence-corrected chi connectivity index (χ3v) is 3.67. The SMILES string of the molecule is O=C(O)C1CCN(C(=O)c2cc(=O)c3ccccc3o2)C1. The molecule has 1 fully saturated rings. The van der Waals surface area contributed by atoms with Crippen molar-refractivity contribution in [1.82, 2.24) is 4.90 Å². The van der Waals surface area contributed by atoms with Gasteiger partial charge in [0.05, 0.1) is 11.3 Å². The molecule has 3 rings (SSSR count). The van der Waals surface area contributed by atoms with E-state index < -0.39 is 17.8 Å². The van der Waals surface area contributed by atoms with E-state index in [9.17, 15) is 14.4 Å². The summed E-state index contributed by atoms with van der Waals surface area (Å²) in [6.07, 6.45) is 0.416. The van der Waals surface area contributed by atoms with Crippen LogP contribution in [0, 0.1) is 5.92 Å². The van der Waals surface area contributed by atoms with Gasteiger partial charge in [-0.15, -0.1) is 0 Å². The summed E-state index contributed by atoms with van der Waals surface area (Å²) in [6.45, 7) is 0.497. The number of carboxylic acid groups (broad SMARTS) is 1. The monoisotopic (exact) mass is 287 g/mol. The Labute approximate surface area is 119 Å². The quantitative estimate of drug-likeness (QED) is 0.900. The fraction of sp³-hybridized carbons (Fsp3) is 0.267. The standard InChI is InChI=1S/C15H13NO5/c17-11-7-13(21-12-4-2-1-3-10(11)12)14(18)16-6-5-9(8-16)15(19)20/h1-4,7,9H,5-6,8H2,(H,19,20). The third kappa shape index (κ3) is 2.40. The maximum Gasteiger partial charge on any atom is 0.308 e. The highest BCUT2D eigenvalue weighted by atomic mass is 16.4. The smallest absolute Gasteiger partial charge is 0.308 e. The highest BCUT2D eigenvalue weighted by molar-refractivity contribution is 5.93. The summed E-state index contributed by atoms with van der Waals surface area (Å²) in [6, 6.07) is 7.86. The number of carboxylic acids is 1. The van der Waals surface area contributed by atoms with Crippen molar-refractivity contribution in [3.63, 3.8) is 0 Å². The van der Waals surface area contributed by atoms with Crippen molar-refractivity contribution in [2.75, 3.05) is 13.1 Å². The van der Waals surface area contributed by atoms with Crippen molar-refractivity contribution in [2.45, 2.75) is 6.42 Å². The summed E-state index contributed by atoms with van der Waals surface area (Å²) in [4.78, 5) is 36.6. The van der Waals surface area contributed by atoms with E-state index in [1.54, 1.807) is 24.3 Å². The van der Waals surface area contributed by atoms with Gasteiger partial charge in [0, 0.05) is 19.2 Å². The van der Waals surface area contributed by atoms with E-state index in [1.807, 2.05) is 0 Å². The van der Waals surface area contributed by atoms with Gasteiger partial charge in [0.15, 0.2) is 11.2 Å². The summed E-state index contributed by atoms with van der Waals surface area (Å²) >= 11 is 0. The van der Waals surface area contributed by atoms with E-state index in [-0.39, 0.29) is 17.7 Å². The molecule has 0 radical (unpaired) electrons. The minimum Gasteiger partial charge on any atom is -0.481 e. The molecule has 1 N–H and O–H groups in total. The molecule has 1 unspecified atom stereocenters. The number of likely N-dealkylation sites (tertiary alicyclic amines) is 1. The van der Waals surface area contributed by atoms with Gasteiger partial charge in [0.25, 0.3) is 5.91 Å². The summed E-state index contributed by atoms with van der Waals surface area (Å²) in [7, 11) is 0. The summed E-state index contributed by atoms with van der Waals surface area (Å²) < 4.78 is 5.47. The first-order valence-corrected chi connectivity index (χ1v) is 6.61. The number of para-hydroxylation sites is 1. The van der Waals surface area contributed by atoms with Gasteiger partial charge in [0.1, 0.15) is 5.58 Å². The van der Waals surface area contributed by atoms with E-state index in [2.05, 4.69) is 0 Å². The highest BCUT2D eigenvalue weighted by Gasteiger charge is 2.32. The average molecular weight is 287 g/mol. The molecule has 1 aliphatic heterocycles. The largest absolute Gasteiger partial charge is 0.481 e. The number of hydrogen-bond donors (Lipinski definition) is 1. The zero-order valence-electron chi connectivity index (χ0n) is 11.1. The van der Waals surface area contributed by atoms with Crippen molar-refractivity contribution in [3.05, 3.63) is 46.3 Å². The normalized spacial score (nSPS) is 18.1. The Morgan fingerprint density at radius 2 is 2.05 bits per heavy atom. The molecule has 1 amide bonds. The van der Waals surface area contributed by atoms with Crippen LogP contribution in [0.3, 0.4) is 0 Å². The zero-order chi connectivity index (χ0) is 15.0. The summed E-state index contributed by atoms with van der Waals surface area (Å²) in [5, 5.41) is 9.37. The second-order valence-corrected chi connectivity index (χ2v) is 5.05. The Morgan fingerprint density at radius 3 is 2.76 bits per heavy atom. The second kappa shape index (κ2) is 5.05. The molecular weight excluding hydrogens is 274 g/mol. The van der Waals surface area contributed by atoms with Crippen LogP contribution < -0.4 is 5.43 Å². The van der Waals surface area contributed by atoms with Gasteiger partial charge in [-0.3, -0.25) is 14.4 Å². The molecule has 2 heterocycles. The molecule has 1 aromatic carbocycles. The molecule has 1 aliphatic rings. The Bertz CT molecular complexity index is 779. The van der Waals surface area contributed by atoms with Crippen LogP contribution in [-0.2, 0) is 4.79 Å². The fourth-order valence-electron chi connectivity index (χ4n) is 2.51. The molecule has 2 aromatic rings. The molecule has 0 spiro atoms. The maximum absolute atomic E-state index is 12.3. The van der Waals surface area contributed by atoms with E-state index in [0.29, 0.717) is 23.9 Å². The topological polar surface area (TPSA) is 87.8 Å². The summed E-state index contributed by atoms with van der Waals surface area (Å²) in [5.41, 5.74) is 0.0662. The Morgan fingerprint density at radius 1 is 1.29 bits per heavy atom. The molecule has 6 nitrogen and oxygen atoms in total. The van der Waals surface area contributed by atoms with Crippen molar-refractivity contribution in [3.8, 4) is 0 Å². The van der Waals surface area contributed by atoms with Gasteiger partial charge in [-0.2, -0.15) is 0 Å². The lowest BCUT2D eigenvalue weighted by atomic mass is 10.1. The van der Waals surface area contributed by atoms with Crippen LogP contribution >= 0.6 is 0 Å². The lowest BCUT2D eigenvalue weighted by Gasteiger charge is -2.14. The Balaban J connectivity index is 1.92. The number of carbonyl (C=O) groups is 2. The maximum atomic E-state index is 12.3. The summed E-state index contributed by atoms with van der Waals surface area (Å²) in [5.74, 6) is -1.96. The number of hydrogen-bond acceptors (Lipinski definition) is 4. The first-order chi connectivity index (χ1) is 10.1. The Kier molecular flexibility index (Phi) is 3.21. The van der Waals surface area contributed by atoms with Gasteiger partial charge in [-0.25, -0.2) is 0 Å². The van der Waals surface area contributed by atoms with Gasteiger partial charge >= 0.3 is 5.97 Å². The average Bonchev–Trinajstić information content (AvgIpc) is 2.96. The molecule has 6 heteroatoms. The minimum atomic E-state index is -0.912. The Hall–Kier alpha value is -2.63. The van der Waals surface area contributed by atoms with Crippen molar-refractivity contribution >= 4 is 22.8 Å². The first kappa shape index (κ1) is 13.4. The predicted molar refractivity (Wildman–Crippen MR) is 74.1 cm³/mol. The van der Waals surface area contributed by atoms with Crippen LogP contribution in [-0.4, -0.2) is 35.0 Å². The van der Waals surface area contributed by atoms with Gasteiger partial charge in [-0.1, -0.05) is 12.1 Å². The molecular formula is C15H13NO5. The number of fused-ring (bicyclic) bond motifs is 1. The minimum absolute atomic E-state index is 0.0512. The van der Waals surface area contributed by atoms with E-state index in [1.165, 1.54) is 11.0 Å². The zero-order valence-corrected chi connectivity index (χ0v) is 11.1. The van der Waals surface area contributed by atoms with Crippen LogP contribution in [0.1, 0.15) is 17.0 Å². The fourth-order valence-corrected chi connectivity index (χ4v) is 2.51. The number of amides is 1. The van der Waals surface area contributed by atoms with Gasteiger partial charge < -0.3 is 14.4 Å². The molecule has 0 bridgehead atoms. The van der Waals surface area contributed by atoms with Gasteiger partial charge in [-0.05, 0) is 18.6 Å². The molecule has 0 saturated carbocycles.